The molecule has 26 heavy (non-hydrogen) atoms. The van der Waals surface area contributed by atoms with Crippen molar-refractivity contribution >= 4 is 5.91 Å². The number of aromatic nitrogens is 5. The predicted molar refractivity (Wildman–Crippen MR) is 93.2 cm³/mol. The summed E-state index contributed by atoms with van der Waals surface area (Å²) in [5, 5.41) is 14.8. The zero-order valence-electron chi connectivity index (χ0n) is 14.9. The van der Waals surface area contributed by atoms with Gasteiger partial charge in [0.05, 0.1) is 12.5 Å². The van der Waals surface area contributed by atoms with Gasteiger partial charge in [-0.1, -0.05) is 24.4 Å². The molecule has 1 saturated heterocycles. The van der Waals surface area contributed by atoms with E-state index in [-0.39, 0.29) is 24.3 Å². The average Bonchev–Trinajstić information content (AvgIpc) is 3.32. The highest BCUT2D eigenvalue weighted by Crippen LogP contribution is 2.19. The number of nitrogens with one attached hydrogen (secondary N) is 2. The Morgan fingerprint density at radius 1 is 1.27 bits per heavy atom. The first kappa shape index (κ1) is 17.1. The van der Waals surface area contributed by atoms with Crippen molar-refractivity contribution in [3.63, 3.8) is 0 Å². The molecule has 2 aliphatic rings. The summed E-state index contributed by atoms with van der Waals surface area (Å²) >= 11 is 0. The lowest BCUT2D eigenvalue weighted by atomic mass is 9.95. The fraction of sp³-hybridized carbons (Fsp3) is 0.706. The molecule has 140 valence electrons. The monoisotopic (exact) mass is 359 g/mol. The third-order valence-corrected chi connectivity index (χ3v) is 5.10. The molecule has 1 unspecified atom stereocenters. The molecule has 0 radical (unpaired) electrons. The standard InChI is InChI=1S/C17H25N7O2/c25-15(20-12-5-2-1-3-6-12)9-14-21-17(26-23-14)16-19-11-24(22-16)13-7-4-8-18-10-13/h11-13,18H,1-10H2,(H,20,25). The first-order valence-corrected chi connectivity index (χ1v) is 9.52. The Labute approximate surface area is 151 Å². The molecule has 9 heteroatoms. The van der Waals surface area contributed by atoms with E-state index < -0.39 is 0 Å². The van der Waals surface area contributed by atoms with Gasteiger partial charge in [0, 0.05) is 12.6 Å². The van der Waals surface area contributed by atoms with Gasteiger partial charge in [-0.3, -0.25) is 4.79 Å². The molecule has 0 aromatic carbocycles. The number of hydrogen-bond donors (Lipinski definition) is 2. The molecule has 1 aliphatic carbocycles. The van der Waals surface area contributed by atoms with Crippen LogP contribution in [0.3, 0.4) is 0 Å². The molecule has 9 nitrogen and oxygen atoms in total. The second-order valence-electron chi connectivity index (χ2n) is 7.14. The molecular weight excluding hydrogens is 334 g/mol. The zero-order valence-corrected chi connectivity index (χ0v) is 14.9. The van der Waals surface area contributed by atoms with Crippen LogP contribution in [-0.4, -0.2) is 49.9 Å². The topological polar surface area (TPSA) is 111 Å². The Balaban J connectivity index is 1.35. The third-order valence-electron chi connectivity index (χ3n) is 5.10. The Morgan fingerprint density at radius 3 is 2.96 bits per heavy atom. The van der Waals surface area contributed by atoms with Crippen molar-refractivity contribution in [1.82, 2.24) is 35.5 Å². The fourth-order valence-corrected chi connectivity index (χ4v) is 3.69. The summed E-state index contributed by atoms with van der Waals surface area (Å²) in [7, 11) is 0. The van der Waals surface area contributed by atoms with Crippen LogP contribution in [-0.2, 0) is 11.2 Å². The number of nitrogens with zero attached hydrogens (tertiary/aromatic N) is 5. The van der Waals surface area contributed by atoms with Crippen LogP contribution in [0.1, 0.15) is 56.8 Å². The molecule has 1 aliphatic heterocycles. The second-order valence-corrected chi connectivity index (χ2v) is 7.14. The van der Waals surface area contributed by atoms with Gasteiger partial charge in [0.2, 0.25) is 11.7 Å². The molecule has 2 N–H and O–H groups in total. The van der Waals surface area contributed by atoms with Gasteiger partial charge in [0.1, 0.15) is 6.33 Å². The molecular formula is C17H25N7O2. The minimum atomic E-state index is -0.0592. The van der Waals surface area contributed by atoms with Gasteiger partial charge in [-0.05, 0) is 32.2 Å². The highest BCUT2D eigenvalue weighted by molar-refractivity contribution is 5.78. The van der Waals surface area contributed by atoms with Crippen molar-refractivity contribution in [2.45, 2.75) is 63.5 Å². The smallest absolute Gasteiger partial charge is 0.297 e. The van der Waals surface area contributed by atoms with Gasteiger partial charge in [-0.2, -0.15) is 4.98 Å². The van der Waals surface area contributed by atoms with E-state index in [1.54, 1.807) is 6.33 Å². The summed E-state index contributed by atoms with van der Waals surface area (Å²) in [5.74, 6) is 0.968. The van der Waals surface area contributed by atoms with Crippen molar-refractivity contribution in [3.8, 4) is 11.7 Å². The van der Waals surface area contributed by atoms with Crippen LogP contribution in [0.2, 0.25) is 0 Å². The van der Waals surface area contributed by atoms with Crippen molar-refractivity contribution < 1.29 is 9.32 Å². The number of carbonyl (C=O) groups is 1. The highest BCUT2D eigenvalue weighted by atomic mass is 16.5. The zero-order chi connectivity index (χ0) is 17.8. The van der Waals surface area contributed by atoms with Crippen molar-refractivity contribution in [3.05, 3.63) is 12.2 Å². The normalized spacial score (nSPS) is 21.6. The molecule has 1 saturated carbocycles. The third kappa shape index (κ3) is 4.09. The first-order valence-electron chi connectivity index (χ1n) is 9.52. The summed E-state index contributed by atoms with van der Waals surface area (Å²) in [4.78, 5) is 20.7. The van der Waals surface area contributed by atoms with Gasteiger partial charge in [0.15, 0.2) is 5.82 Å². The van der Waals surface area contributed by atoms with Gasteiger partial charge in [0.25, 0.3) is 5.89 Å². The Morgan fingerprint density at radius 2 is 2.15 bits per heavy atom. The molecule has 2 aromatic heterocycles. The first-order chi connectivity index (χ1) is 12.8. The van der Waals surface area contributed by atoms with E-state index >= 15 is 0 Å². The van der Waals surface area contributed by atoms with Crippen LogP contribution in [0.25, 0.3) is 11.7 Å². The maximum absolute atomic E-state index is 12.2. The summed E-state index contributed by atoms with van der Waals surface area (Å²) in [5.41, 5.74) is 0. The van der Waals surface area contributed by atoms with E-state index in [0.717, 1.165) is 38.8 Å². The minimum Gasteiger partial charge on any atom is -0.353 e. The number of amides is 1. The highest BCUT2D eigenvalue weighted by Gasteiger charge is 2.21. The summed E-state index contributed by atoms with van der Waals surface area (Å²) in [6, 6.07) is 0.581. The van der Waals surface area contributed by atoms with E-state index in [2.05, 4.69) is 30.9 Å². The van der Waals surface area contributed by atoms with Gasteiger partial charge in [-0.25, -0.2) is 9.67 Å². The summed E-state index contributed by atoms with van der Waals surface area (Å²) < 4.78 is 7.10. The molecule has 4 rings (SSSR count). The number of carbonyl (C=O) groups excluding carboxylic acids is 1. The summed E-state index contributed by atoms with van der Waals surface area (Å²) in [6.45, 7) is 1.94. The number of rotatable bonds is 5. The second kappa shape index (κ2) is 7.94. The molecule has 3 heterocycles. The predicted octanol–water partition coefficient (Wildman–Crippen LogP) is 1.24. The van der Waals surface area contributed by atoms with E-state index in [1.165, 1.54) is 19.3 Å². The quantitative estimate of drug-likeness (QED) is 0.826. The maximum atomic E-state index is 12.2. The van der Waals surface area contributed by atoms with E-state index in [9.17, 15) is 4.79 Å². The van der Waals surface area contributed by atoms with Crippen molar-refractivity contribution in [1.29, 1.82) is 0 Å². The fourth-order valence-electron chi connectivity index (χ4n) is 3.69. The van der Waals surface area contributed by atoms with Gasteiger partial charge >= 0.3 is 0 Å². The Bertz CT molecular complexity index is 729. The van der Waals surface area contributed by atoms with Crippen LogP contribution in [0.5, 0.6) is 0 Å². The van der Waals surface area contributed by atoms with Crippen LogP contribution in [0.4, 0.5) is 0 Å². The van der Waals surface area contributed by atoms with Crippen molar-refractivity contribution in [2.75, 3.05) is 13.1 Å². The lowest BCUT2D eigenvalue weighted by Crippen LogP contribution is -2.37. The largest absolute Gasteiger partial charge is 0.353 e. The Kier molecular flexibility index (Phi) is 5.24. The van der Waals surface area contributed by atoms with Crippen LogP contribution in [0.15, 0.2) is 10.9 Å². The molecule has 2 aromatic rings. The summed E-state index contributed by atoms with van der Waals surface area (Å²) in [6.07, 6.45) is 9.76. The van der Waals surface area contributed by atoms with E-state index in [1.807, 2.05) is 4.68 Å². The lowest BCUT2D eigenvalue weighted by Gasteiger charge is -2.22. The van der Waals surface area contributed by atoms with Crippen LogP contribution >= 0.6 is 0 Å². The number of hydrogen-bond acceptors (Lipinski definition) is 7. The van der Waals surface area contributed by atoms with E-state index in [4.69, 9.17) is 4.52 Å². The number of piperidine rings is 1. The Hall–Kier alpha value is -2.29. The molecule has 2 fully saturated rings. The van der Waals surface area contributed by atoms with Gasteiger partial charge < -0.3 is 15.2 Å². The van der Waals surface area contributed by atoms with Crippen LogP contribution in [0, 0.1) is 0 Å². The molecule has 1 amide bonds. The van der Waals surface area contributed by atoms with Crippen molar-refractivity contribution in [2.24, 2.45) is 0 Å². The van der Waals surface area contributed by atoms with Crippen LogP contribution < -0.4 is 10.6 Å². The average molecular weight is 359 g/mol. The maximum Gasteiger partial charge on any atom is 0.297 e. The lowest BCUT2D eigenvalue weighted by molar-refractivity contribution is -0.121. The minimum absolute atomic E-state index is 0.0592. The molecule has 0 bridgehead atoms. The van der Waals surface area contributed by atoms with Gasteiger partial charge in [-0.15, -0.1) is 5.10 Å². The molecule has 0 spiro atoms. The van der Waals surface area contributed by atoms with E-state index in [0.29, 0.717) is 17.7 Å². The molecule has 1 atom stereocenters. The SMILES string of the molecule is O=C(Cc1noc(-c2ncn(C3CCCNC3)n2)n1)NC1CCCCC1.